The fraction of sp³-hybridized carbons (Fsp3) is 0.333. The number of allylic oxidation sites excluding steroid dienone is 3. The molecule has 0 spiro atoms. The second-order valence-corrected chi connectivity index (χ2v) is 13.5. The predicted octanol–water partition coefficient (Wildman–Crippen LogP) is 11.8. The van der Waals surface area contributed by atoms with Gasteiger partial charge in [-0.05, 0) is 84.4 Å². The minimum Gasteiger partial charge on any atom is -0.490 e. The molecule has 0 aliphatic heterocycles. The van der Waals surface area contributed by atoms with Crippen LogP contribution in [0, 0.1) is 5.92 Å². The van der Waals surface area contributed by atoms with Crippen molar-refractivity contribution in [1.29, 1.82) is 0 Å². The van der Waals surface area contributed by atoms with Crippen LogP contribution in [0.25, 0.3) is 46.3 Å². The Hall–Kier alpha value is -2.88. The van der Waals surface area contributed by atoms with Crippen molar-refractivity contribution in [3.63, 3.8) is 0 Å². The zero-order valence-corrected chi connectivity index (χ0v) is 24.6. The summed E-state index contributed by atoms with van der Waals surface area (Å²) in [7, 11) is 0. The Morgan fingerprint density at radius 1 is 0.821 bits per heavy atom. The molecule has 3 heteroatoms. The van der Waals surface area contributed by atoms with Crippen molar-refractivity contribution in [3.8, 4) is 11.1 Å². The van der Waals surface area contributed by atoms with Gasteiger partial charge in [0.1, 0.15) is 6.10 Å². The van der Waals surface area contributed by atoms with E-state index in [1.54, 1.807) is 5.57 Å². The topological polar surface area (TPSA) is 9.23 Å². The minimum absolute atomic E-state index is 0.178. The van der Waals surface area contributed by atoms with Crippen LogP contribution in [-0.2, 0) is 4.74 Å². The van der Waals surface area contributed by atoms with Gasteiger partial charge in [0, 0.05) is 26.6 Å². The van der Waals surface area contributed by atoms with Gasteiger partial charge in [-0.25, -0.2) is 0 Å². The summed E-state index contributed by atoms with van der Waals surface area (Å²) in [5.41, 5.74) is 6.90. The summed E-state index contributed by atoms with van der Waals surface area (Å²) in [6, 6.07) is 24.9. The van der Waals surface area contributed by atoms with E-state index in [4.69, 9.17) is 4.74 Å². The molecule has 2 unspecified atom stereocenters. The molecular weight excluding hydrogens is 513 g/mol. The molecule has 0 amide bonds. The van der Waals surface area contributed by atoms with Crippen molar-refractivity contribution < 1.29 is 4.74 Å². The summed E-state index contributed by atoms with van der Waals surface area (Å²) < 4.78 is 12.5. The first-order valence-electron chi connectivity index (χ1n) is 14.7. The summed E-state index contributed by atoms with van der Waals surface area (Å²) in [6.45, 7) is 4.64. The zero-order valence-electron chi connectivity index (χ0n) is 23.0. The molecule has 7 rings (SSSR count). The number of ether oxygens (including phenoxy) is 1. The fourth-order valence-corrected chi connectivity index (χ4v) is 8.91. The van der Waals surface area contributed by atoms with Gasteiger partial charge in [-0.1, -0.05) is 80.9 Å². The molecular formula is C36H36OS2. The number of hydrogen-bond acceptors (Lipinski definition) is 3. The molecule has 1 nitrogen and oxygen atoms in total. The lowest BCUT2D eigenvalue weighted by Crippen LogP contribution is -2.22. The van der Waals surface area contributed by atoms with Crippen LogP contribution in [0.5, 0.6) is 0 Å². The van der Waals surface area contributed by atoms with Crippen LogP contribution in [0.1, 0.15) is 70.8 Å². The van der Waals surface area contributed by atoms with E-state index < -0.39 is 0 Å². The van der Waals surface area contributed by atoms with Gasteiger partial charge in [0.15, 0.2) is 0 Å². The SMILES string of the molecule is CCCCC(OC1CCC(C)C=C1c1ccc2c(c1)sc1c3ccc(-c4ccccc4)cc3sc21)=C1CCC1. The van der Waals surface area contributed by atoms with Crippen LogP contribution in [0.2, 0.25) is 0 Å². The Labute approximate surface area is 239 Å². The maximum Gasteiger partial charge on any atom is 0.124 e. The van der Waals surface area contributed by atoms with Crippen LogP contribution < -0.4 is 0 Å². The van der Waals surface area contributed by atoms with Gasteiger partial charge in [-0.15, -0.1) is 22.7 Å². The van der Waals surface area contributed by atoms with E-state index in [9.17, 15) is 0 Å². The van der Waals surface area contributed by atoms with Gasteiger partial charge in [0.25, 0.3) is 0 Å². The third-order valence-corrected chi connectivity index (χ3v) is 11.1. The quantitative estimate of drug-likeness (QED) is 0.184. The minimum atomic E-state index is 0.178. The first-order chi connectivity index (χ1) is 19.2. The third kappa shape index (κ3) is 4.74. The molecule has 2 heterocycles. The molecule has 1 fully saturated rings. The Balaban J connectivity index is 1.24. The molecule has 3 aromatic carbocycles. The van der Waals surface area contributed by atoms with Gasteiger partial charge in [-0.2, -0.15) is 0 Å². The van der Waals surface area contributed by atoms with E-state index in [2.05, 4.69) is 86.7 Å². The van der Waals surface area contributed by atoms with Crippen molar-refractivity contribution in [2.75, 3.05) is 0 Å². The summed E-state index contributed by atoms with van der Waals surface area (Å²) in [5.74, 6) is 1.91. The zero-order chi connectivity index (χ0) is 26.3. The molecule has 198 valence electrons. The number of fused-ring (bicyclic) bond motifs is 5. The Bertz CT molecular complexity index is 1710. The normalized spacial score (nSPS) is 19.4. The lowest BCUT2D eigenvalue weighted by molar-refractivity contribution is 0.130. The summed E-state index contributed by atoms with van der Waals surface area (Å²) in [6.07, 6.45) is 12.3. The van der Waals surface area contributed by atoms with Crippen molar-refractivity contribution in [2.24, 2.45) is 5.92 Å². The number of benzene rings is 3. The van der Waals surface area contributed by atoms with Crippen LogP contribution in [0.4, 0.5) is 0 Å². The van der Waals surface area contributed by atoms with Crippen LogP contribution >= 0.6 is 22.7 Å². The smallest absolute Gasteiger partial charge is 0.124 e. The Morgan fingerprint density at radius 2 is 1.51 bits per heavy atom. The third-order valence-electron chi connectivity index (χ3n) is 8.61. The van der Waals surface area contributed by atoms with Crippen molar-refractivity contribution in [2.45, 2.75) is 71.3 Å². The lowest BCUT2D eigenvalue weighted by atomic mass is 9.85. The van der Waals surface area contributed by atoms with Gasteiger partial charge in [-0.3, -0.25) is 0 Å². The molecule has 39 heavy (non-hydrogen) atoms. The molecule has 0 bridgehead atoms. The molecule has 2 aliphatic rings. The van der Waals surface area contributed by atoms with Crippen LogP contribution in [0.3, 0.4) is 0 Å². The predicted molar refractivity (Wildman–Crippen MR) is 172 cm³/mol. The van der Waals surface area contributed by atoms with Gasteiger partial charge >= 0.3 is 0 Å². The monoisotopic (exact) mass is 548 g/mol. The second-order valence-electron chi connectivity index (χ2n) is 11.4. The van der Waals surface area contributed by atoms with E-state index in [1.165, 1.54) is 96.1 Å². The highest BCUT2D eigenvalue weighted by molar-refractivity contribution is 7.36. The molecule has 2 aromatic heterocycles. The highest BCUT2D eigenvalue weighted by atomic mass is 32.1. The van der Waals surface area contributed by atoms with Crippen molar-refractivity contribution in [3.05, 3.63) is 89.7 Å². The highest BCUT2D eigenvalue weighted by Gasteiger charge is 2.27. The van der Waals surface area contributed by atoms with E-state index in [0.29, 0.717) is 5.92 Å². The average molecular weight is 549 g/mol. The molecule has 1 saturated carbocycles. The Morgan fingerprint density at radius 3 is 2.18 bits per heavy atom. The Kier molecular flexibility index (Phi) is 6.82. The van der Waals surface area contributed by atoms with Gasteiger partial charge in [0.2, 0.25) is 0 Å². The second kappa shape index (κ2) is 10.6. The largest absolute Gasteiger partial charge is 0.490 e. The molecule has 5 aromatic rings. The first-order valence-corrected chi connectivity index (χ1v) is 16.3. The maximum atomic E-state index is 6.89. The number of thiophene rings is 2. The van der Waals surface area contributed by atoms with Gasteiger partial charge in [0.05, 0.1) is 15.2 Å². The van der Waals surface area contributed by atoms with Gasteiger partial charge < -0.3 is 4.74 Å². The van der Waals surface area contributed by atoms with E-state index in [-0.39, 0.29) is 6.10 Å². The van der Waals surface area contributed by atoms with Crippen molar-refractivity contribution >= 4 is 57.8 Å². The standard InChI is InChI=1S/C36H36OS2/c1-3-4-13-31(25-11-8-12-25)37-32-19-14-23(2)20-30(32)27-16-18-29-34(22-27)39-35-28-17-15-26(21-33(28)38-36(29)35)24-9-6-5-7-10-24/h5-7,9-10,15-18,20-23,32H,3-4,8,11-14,19H2,1-2H3. The van der Waals surface area contributed by atoms with E-state index in [0.717, 1.165) is 12.8 Å². The molecule has 0 radical (unpaired) electrons. The van der Waals surface area contributed by atoms with Crippen LogP contribution in [0.15, 0.2) is 84.1 Å². The molecule has 2 atom stereocenters. The molecule has 0 saturated heterocycles. The highest BCUT2D eigenvalue weighted by Crippen LogP contribution is 2.46. The average Bonchev–Trinajstić information content (AvgIpc) is 3.47. The van der Waals surface area contributed by atoms with E-state index in [1.807, 2.05) is 22.7 Å². The number of hydrogen-bond donors (Lipinski definition) is 0. The maximum absolute atomic E-state index is 6.89. The van der Waals surface area contributed by atoms with Crippen LogP contribution in [-0.4, -0.2) is 6.10 Å². The summed E-state index contributed by atoms with van der Waals surface area (Å²) in [4.78, 5) is 0. The summed E-state index contributed by atoms with van der Waals surface area (Å²) >= 11 is 3.90. The summed E-state index contributed by atoms with van der Waals surface area (Å²) in [5, 5.41) is 2.78. The fourth-order valence-electron chi connectivity index (χ4n) is 6.18. The first kappa shape index (κ1) is 25.1. The molecule has 0 N–H and O–H groups in total. The lowest BCUT2D eigenvalue weighted by Gasteiger charge is -2.32. The molecule has 2 aliphatic carbocycles. The number of unbranched alkanes of at least 4 members (excludes halogenated alkanes) is 1. The van der Waals surface area contributed by atoms with E-state index >= 15 is 0 Å². The van der Waals surface area contributed by atoms with Crippen molar-refractivity contribution in [1.82, 2.24) is 0 Å². The number of rotatable bonds is 7.